The van der Waals surface area contributed by atoms with Gasteiger partial charge in [0, 0.05) is 16.8 Å². The third-order valence-electron chi connectivity index (χ3n) is 3.42. The van der Waals surface area contributed by atoms with Crippen molar-refractivity contribution >= 4 is 27.3 Å². The molecule has 3 N–H and O–H groups in total. The minimum absolute atomic E-state index is 0.0652. The Morgan fingerprint density at radius 1 is 1.60 bits per heavy atom. The van der Waals surface area contributed by atoms with Crippen molar-refractivity contribution in [3.05, 3.63) is 20.8 Å². The van der Waals surface area contributed by atoms with E-state index < -0.39 is 0 Å². The van der Waals surface area contributed by atoms with Gasteiger partial charge in [0.2, 0.25) is 0 Å². The molecule has 1 aliphatic rings. The van der Waals surface area contributed by atoms with Crippen LogP contribution in [0.15, 0.2) is 15.9 Å². The Labute approximate surface area is 103 Å². The summed E-state index contributed by atoms with van der Waals surface area (Å²) in [4.78, 5) is 1.31. The Hall–Kier alpha value is 0.1000. The molecule has 2 atom stereocenters. The summed E-state index contributed by atoms with van der Waals surface area (Å²) in [5, 5.41) is 10.0. The van der Waals surface area contributed by atoms with Crippen LogP contribution in [0, 0.1) is 5.41 Å². The highest BCUT2D eigenvalue weighted by molar-refractivity contribution is 9.11. The molecule has 1 aromatic heterocycles. The van der Waals surface area contributed by atoms with Gasteiger partial charge in [-0.1, -0.05) is 6.42 Å². The number of halogens is 1. The molecule has 1 saturated carbocycles. The van der Waals surface area contributed by atoms with Gasteiger partial charge in [0.05, 0.1) is 9.89 Å². The molecule has 1 aromatic rings. The van der Waals surface area contributed by atoms with Crippen LogP contribution in [-0.2, 0) is 6.42 Å². The lowest BCUT2D eigenvalue weighted by Crippen LogP contribution is -2.39. The molecule has 0 radical (unpaired) electrons. The summed E-state index contributed by atoms with van der Waals surface area (Å²) in [5.41, 5.74) is 5.78. The van der Waals surface area contributed by atoms with E-state index in [9.17, 15) is 5.11 Å². The first-order valence-electron chi connectivity index (χ1n) is 5.29. The minimum Gasteiger partial charge on any atom is -0.392 e. The SMILES string of the molecule is NCC1(Cc2ccc(Br)s2)CCCC1O. The molecule has 0 bridgehead atoms. The Morgan fingerprint density at radius 2 is 2.40 bits per heavy atom. The highest BCUT2D eigenvalue weighted by Gasteiger charge is 2.41. The third kappa shape index (κ3) is 2.28. The molecule has 1 heterocycles. The number of nitrogens with two attached hydrogens (primary N) is 1. The number of hydrogen-bond acceptors (Lipinski definition) is 3. The van der Waals surface area contributed by atoms with E-state index in [2.05, 4.69) is 28.1 Å². The molecular weight excluding hydrogens is 274 g/mol. The number of aliphatic hydroxyl groups excluding tert-OH is 1. The molecule has 0 aromatic carbocycles. The predicted octanol–water partition coefficient (Wildman–Crippen LogP) is 2.54. The summed E-state index contributed by atoms with van der Waals surface area (Å²) in [7, 11) is 0. The average molecular weight is 290 g/mol. The minimum atomic E-state index is -0.219. The Kier molecular flexibility index (Phi) is 3.50. The summed E-state index contributed by atoms with van der Waals surface area (Å²) in [6, 6.07) is 4.18. The molecule has 0 saturated heterocycles. The van der Waals surface area contributed by atoms with E-state index in [1.54, 1.807) is 11.3 Å². The van der Waals surface area contributed by atoms with Crippen LogP contribution in [-0.4, -0.2) is 17.8 Å². The molecule has 15 heavy (non-hydrogen) atoms. The fourth-order valence-corrected chi connectivity index (χ4v) is 4.07. The van der Waals surface area contributed by atoms with Crippen molar-refractivity contribution in [2.75, 3.05) is 6.54 Å². The molecule has 1 aliphatic carbocycles. The van der Waals surface area contributed by atoms with E-state index in [4.69, 9.17) is 5.73 Å². The van der Waals surface area contributed by atoms with Crippen LogP contribution in [0.3, 0.4) is 0 Å². The van der Waals surface area contributed by atoms with Crippen LogP contribution in [0.5, 0.6) is 0 Å². The molecule has 84 valence electrons. The highest BCUT2D eigenvalue weighted by Crippen LogP contribution is 2.41. The number of thiophene rings is 1. The number of hydrogen-bond donors (Lipinski definition) is 2. The summed E-state index contributed by atoms with van der Waals surface area (Å²) in [6.45, 7) is 0.587. The van der Waals surface area contributed by atoms with Crippen LogP contribution < -0.4 is 5.73 Å². The monoisotopic (exact) mass is 289 g/mol. The second-order valence-corrected chi connectivity index (χ2v) is 6.90. The molecule has 4 heteroatoms. The normalized spacial score (nSPS) is 31.0. The van der Waals surface area contributed by atoms with E-state index in [1.165, 1.54) is 4.88 Å². The van der Waals surface area contributed by atoms with E-state index in [-0.39, 0.29) is 11.5 Å². The van der Waals surface area contributed by atoms with E-state index in [0.29, 0.717) is 6.54 Å². The van der Waals surface area contributed by atoms with Crippen molar-refractivity contribution in [2.24, 2.45) is 11.1 Å². The lowest BCUT2D eigenvalue weighted by atomic mass is 9.80. The Balaban J connectivity index is 2.14. The maximum Gasteiger partial charge on any atom is 0.0701 e. The molecule has 2 nitrogen and oxygen atoms in total. The molecule has 2 unspecified atom stereocenters. The van der Waals surface area contributed by atoms with Crippen LogP contribution in [0.25, 0.3) is 0 Å². The number of rotatable bonds is 3. The van der Waals surface area contributed by atoms with Gasteiger partial charge >= 0.3 is 0 Å². The molecule has 0 amide bonds. The maximum atomic E-state index is 10.0. The smallest absolute Gasteiger partial charge is 0.0701 e. The van der Waals surface area contributed by atoms with Crippen molar-refractivity contribution < 1.29 is 5.11 Å². The second kappa shape index (κ2) is 4.53. The summed E-state index contributed by atoms with van der Waals surface area (Å²) in [5.74, 6) is 0. The van der Waals surface area contributed by atoms with Gasteiger partial charge in [-0.3, -0.25) is 0 Å². The van der Waals surface area contributed by atoms with E-state index in [0.717, 1.165) is 29.5 Å². The van der Waals surface area contributed by atoms with Gasteiger partial charge in [0.1, 0.15) is 0 Å². The van der Waals surface area contributed by atoms with Gasteiger partial charge in [0.25, 0.3) is 0 Å². The van der Waals surface area contributed by atoms with Crippen molar-refractivity contribution in [1.82, 2.24) is 0 Å². The summed E-state index contributed by atoms with van der Waals surface area (Å²) in [6.07, 6.45) is 3.76. The molecule has 2 rings (SSSR count). The average Bonchev–Trinajstić information content (AvgIpc) is 2.76. The van der Waals surface area contributed by atoms with Crippen molar-refractivity contribution in [3.8, 4) is 0 Å². The maximum absolute atomic E-state index is 10.0. The Morgan fingerprint density at radius 3 is 2.87 bits per heavy atom. The highest BCUT2D eigenvalue weighted by atomic mass is 79.9. The van der Waals surface area contributed by atoms with Crippen LogP contribution >= 0.6 is 27.3 Å². The first-order valence-corrected chi connectivity index (χ1v) is 6.89. The fraction of sp³-hybridized carbons (Fsp3) is 0.636. The fourth-order valence-electron chi connectivity index (χ4n) is 2.43. The van der Waals surface area contributed by atoms with Gasteiger partial charge in [0.15, 0.2) is 0 Å². The molecule has 1 fully saturated rings. The Bertz CT molecular complexity index is 341. The van der Waals surface area contributed by atoms with Crippen LogP contribution in [0.2, 0.25) is 0 Å². The van der Waals surface area contributed by atoms with Gasteiger partial charge in [-0.2, -0.15) is 0 Å². The zero-order valence-electron chi connectivity index (χ0n) is 8.58. The molecule has 0 spiro atoms. The van der Waals surface area contributed by atoms with E-state index in [1.807, 2.05) is 0 Å². The van der Waals surface area contributed by atoms with Crippen molar-refractivity contribution in [1.29, 1.82) is 0 Å². The third-order valence-corrected chi connectivity index (χ3v) is 5.04. The van der Waals surface area contributed by atoms with Gasteiger partial charge in [-0.25, -0.2) is 0 Å². The number of aliphatic hydroxyl groups is 1. The largest absolute Gasteiger partial charge is 0.392 e. The zero-order chi connectivity index (χ0) is 10.9. The van der Waals surface area contributed by atoms with Gasteiger partial charge in [-0.05, 0) is 47.3 Å². The lowest BCUT2D eigenvalue weighted by molar-refractivity contribution is 0.0594. The van der Waals surface area contributed by atoms with Crippen molar-refractivity contribution in [2.45, 2.75) is 31.8 Å². The summed E-state index contributed by atoms with van der Waals surface area (Å²) < 4.78 is 1.15. The zero-order valence-corrected chi connectivity index (χ0v) is 11.0. The first-order chi connectivity index (χ1) is 7.16. The predicted molar refractivity (Wildman–Crippen MR) is 67.1 cm³/mol. The lowest BCUT2D eigenvalue weighted by Gasteiger charge is -2.30. The van der Waals surface area contributed by atoms with Gasteiger partial charge in [-0.15, -0.1) is 11.3 Å². The van der Waals surface area contributed by atoms with E-state index >= 15 is 0 Å². The molecule has 0 aliphatic heterocycles. The van der Waals surface area contributed by atoms with Crippen LogP contribution in [0.4, 0.5) is 0 Å². The quantitative estimate of drug-likeness (QED) is 0.898. The topological polar surface area (TPSA) is 46.2 Å². The molecular formula is C11H16BrNOS. The van der Waals surface area contributed by atoms with Crippen LogP contribution in [0.1, 0.15) is 24.1 Å². The van der Waals surface area contributed by atoms with Gasteiger partial charge < -0.3 is 10.8 Å². The first kappa shape index (κ1) is 11.6. The standard InChI is InChI=1S/C11H16BrNOS/c12-10-4-3-8(15-10)6-11(7-13)5-1-2-9(11)14/h3-4,9,14H,1-2,5-7,13H2. The second-order valence-electron chi connectivity index (χ2n) is 4.36. The van der Waals surface area contributed by atoms with Crippen molar-refractivity contribution in [3.63, 3.8) is 0 Å². The summed E-state index contributed by atoms with van der Waals surface area (Å²) >= 11 is 5.20.